The van der Waals surface area contributed by atoms with Crippen molar-refractivity contribution in [3.8, 4) is 11.3 Å². The number of aromatic nitrogens is 1. The third-order valence-corrected chi connectivity index (χ3v) is 2.26. The van der Waals surface area contributed by atoms with E-state index >= 15 is 0 Å². The third-order valence-electron chi connectivity index (χ3n) is 1.97. The number of hydrogen-bond acceptors (Lipinski definition) is 3. The lowest BCUT2D eigenvalue weighted by molar-refractivity contribution is 0.277. The van der Waals surface area contributed by atoms with Gasteiger partial charge in [0.2, 0.25) is 0 Å². The minimum Gasteiger partial charge on any atom is -0.443 e. The van der Waals surface area contributed by atoms with E-state index in [0.29, 0.717) is 17.0 Å². The van der Waals surface area contributed by atoms with E-state index in [2.05, 4.69) is 4.98 Å². The quantitative estimate of drug-likeness (QED) is 0.858. The second kappa shape index (κ2) is 4.00. The first-order valence-electron chi connectivity index (χ1n) is 4.21. The lowest BCUT2D eigenvalue weighted by atomic mass is 10.1. The minimum absolute atomic E-state index is 0.00721. The molecule has 0 bridgehead atoms. The van der Waals surface area contributed by atoms with Crippen LogP contribution in [0.3, 0.4) is 0 Å². The molecule has 1 heterocycles. The number of hydrogen-bond donors (Lipinski definition) is 1. The topological polar surface area (TPSA) is 46.3 Å². The van der Waals surface area contributed by atoms with Gasteiger partial charge >= 0.3 is 0 Å². The van der Waals surface area contributed by atoms with Crippen molar-refractivity contribution < 1.29 is 13.9 Å². The maximum Gasteiger partial charge on any atom is 0.181 e. The first-order valence-corrected chi connectivity index (χ1v) is 4.59. The monoisotopic (exact) mass is 227 g/mol. The van der Waals surface area contributed by atoms with E-state index in [-0.39, 0.29) is 11.6 Å². The molecule has 5 heteroatoms. The zero-order valence-electron chi connectivity index (χ0n) is 7.58. The minimum atomic E-state index is -0.495. The van der Waals surface area contributed by atoms with Crippen molar-refractivity contribution >= 4 is 11.6 Å². The first kappa shape index (κ1) is 10.1. The number of aliphatic hydroxyl groups excluding tert-OH is 1. The summed E-state index contributed by atoms with van der Waals surface area (Å²) in [4.78, 5) is 3.81. The van der Waals surface area contributed by atoms with Crippen LogP contribution in [0.2, 0.25) is 5.02 Å². The van der Waals surface area contributed by atoms with Crippen LogP contribution in [-0.4, -0.2) is 10.1 Å². The molecular weight excluding hydrogens is 221 g/mol. The van der Waals surface area contributed by atoms with Gasteiger partial charge in [0.15, 0.2) is 12.2 Å². The number of nitrogens with zero attached hydrogens (tertiary/aromatic N) is 1. The number of aliphatic hydroxyl groups is 1. The average molecular weight is 228 g/mol. The average Bonchev–Trinajstić information content (AvgIpc) is 2.70. The Balaban J connectivity index is 2.50. The van der Waals surface area contributed by atoms with Gasteiger partial charge in [0, 0.05) is 5.56 Å². The van der Waals surface area contributed by atoms with E-state index in [9.17, 15) is 4.39 Å². The summed E-state index contributed by atoms with van der Waals surface area (Å²) < 4.78 is 18.0. The second-order valence-electron chi connectivity index (χ2n) is 2.92. The summed E-state index contributed by atoms with van der Waals surface area (Å²) in [7, 11) is 0. The van der Waals surface area contributed by atoms with Gasteiger partial charge in [0.05, 0.1) is 11.6 Å². The zero-order valence-corrected chi connectivity index (χ0v) is 8.33. The van der Waals surface area contributed by atoms with Crippen molar-refractivity contribution in [2.45, 2.75) is 6.61 Å². The fourth-order valence-electron chi connectivity index (χ4n) is 1.25. The van der Waals surface area contributed by atoms with E-state index in [1.807, 2.05) is 0 Å². The predicted octanol–water partition coefficient (Wildman–Crippen LogP) is 2.63. The van der Waals surface area contributed by atoms with Gasteiger partial charge in [0.25, 0.3) is 0 Å². The smallest absolute Gasteiger partial charge is 0.181 e. The molecule has 0 radical (unpaired) electrons. The van der Waals surface area contributed by atoms with E-state index in [1.165, 1.54) is 24.6 Å². The van der Waals surface area contributed by atoms with Crippen LogP contribution in [0.15, 0.2) is 29.0 Å². The van der Waals surface area contributed by atoms with Gasteiger partial charge in [-0.25, -0.2) is 9.37 Å². The number of halogens is 2. The second-order valence-corrected chi connectivity index (χ2v) is 3.32. The lowest BCUT2D eigenvalue weighted by Gasteiger charge is -2.00. The Bertz CT molecular complexity index is 484. The molecule has 0 spiro atoms. The molecular formula is C10H7ClFNO2. The number of rotatable bonds is 2. The summed E-state index contributed by atoms with van der Waals surface area (Å²) >= 11 is 5.63. The zero-order chi connectivity index (χ0) is 10.8. The van der Waals surface area contributed by atoms with Crippen molar-refractivity contribution in [1.82, 2.24) is 4.98 Å². The van der Waals surface area contributed by atoms with E-state index < -0.39 is 5.82 Å². The van der Waals surface area contributed by atoms with Gasteiger partial charge in [0.1, 0.15) is 11.5 Å². The summed E-state index contributed by atoms with van der Waals surface area (Å²) in [5.41, 5.74) is 0.987. The summed E-state index contributed by atoms with van der Waals surface area (Å²) in [5.74, 6) is -0.0927. The van der Waals surface area contributed by atoms with Crippen molar-refractivity contribution in [3.05, 3.63) is 41.1 Å². The molecule has 0 aliphatic heterocycles. The SMILES string of the molecule is OCc1ncoc1-c1ccc(F)c(Cl)c1. The molecule has 3 nitrogen and oxygen atoms in total. The van der Waals surface area contributed by atoms with Crippen LogP contribution in [-0.2, 0) is 6.61 Å². The van der Waals surface area contributed by atoms with Gasteiger partial charge in [-0.3, -0.25) is 0 Å². The molecule has 78 valence electrons. The van der Waals surface area contributed by atoms with Gasteiger partial charge in [-0.15, -0.1) is 0 Å². The molecule has 0 aliphatic carbocycles. The first-order chi connectivity index (χ1) is 7.22. The predicted molar refractivity (Wildman–Crippen MR) is 52.8 cm³/mol. The molecule has 0 unspecified atom stereocenters. The molecule has 1 aromatic heterocycles. The van der Waals surface area contributed by atoms with Crippen LogP contribution in [0.25, 0.3) is 11.3 Å². The normalized spacial score (nSPS) is 10.6. The molecule has 1 aromatic carbocycles. The summed E-state index contributed by atoms with van der Waals surface area (Å²) in [6.07, 6.45) is 1.22. The maximum absolute atomic E-state index is 12.9. The molecule has 0 amide bonds. The number of oxazole rings is 1. The molecule has 2 aromatic rings. The van der Waals surface area contributed by atoms with Crippen LogP contribution in [0.1, 0.15) is 5.69 Å². The molecule has 0 fully saturated rings. The van der Waals surface area contributed by atoms with Gasteiger partial charge in [-0.2, -0.15) is 0 Å². The molecule has 1 N–H and O–H groups in total. The van der Waals surface area contributed by atoms with Crippen molar-refractivity contribution in [1.29, 1.82) is 0 Å². The van der Waals surface area contributed by atoms with Crippen LogP contribution in [0.5, 0.6) is 0 Å². The highest BCUT2D eigenvalue weighted by Crippen LogP contribution is 2.27. The standard InChI is InChI=1S/C10H7ClFNO2/c11-7-3-6(1-2-8(7)12)10-9(4-14)13-5-15-10/h1-3,5,14H,4H2. The van der Waals surface area contributed by atoms with E-state index in [4.69, 9.17) is 21.1 Å². The molecule has 0 saturated heterocycles. The Hall–Kier alpha value is -1.39. The van der Waals surface area contributed by atoms with Crippen molar-refractivity contribution in [2.24, 2.45) is 0 Å². The summed E-state index contributed by atoms with van der Waals surface area (Å²) in [6, 6.07) is 4.18. The van der Waals surface area contributed by atoms with Gasteiger partial charge in [-0.1, -0.05) is 11.6 Å². The Morgan fingerprint density at radius 2 is 2.27 bits per heavy atom. The van der Waals surface area contributed by atoms with Crippen LogP contribution < -0.4 is 0 Å². The highest BCUT2D eigenvalue weighted by molar-refractivity contribution is 6.31. The fraction of sp³-hybridized carbons (Fsp3) is 0.100. The van der Waals surface area contributed by atoms with E-state index in [0.717, 1.165) is 0 Å². The Kier molecular flexibility index (Phi) is 2.70. The molecule has 0 atom stereocenters. The maximum atomic E-state index is 12.9. The lowest BCUT2D eigenvalue weighted by Crippen LogP contribution is -1.87. The third kappa shape index (κ3) is 1.86. The van der Waals surface area contributed by atoms with Gasteiger partial charge < -0.3 is 9.52 Å². The summed E-state index contributed by atoms with van der Waals surface area (Å²) in [6.45, 7) is -0.235. The van der Waals surface area contributed by atoms with Crippen LogP contribution in [0, 0.1) is 5.82 Å². The van der Waals surface area contributed by atoms with Crippen LogP contribution >= 0.6 is 11.6 Å². The van der Waals surface area contributed by atoms with Crippen LogP contribution in [0.4, 0.5) is 4.39 Å². The Labute approximate surface area is 90.1 Å². The Morgan fingerprint density at radius 1 is 1.47 bits per heavy atom. The van der Waals surface area contributed by atoms with E-state index in [1.54, 1.807) is 0 Å². The largest absolute Gasteiger partial charge is 0.443 e. The molecule has 0 saturated carbocycles. The van der Waals surface area contributed by atoms with Crippen molar-refractivity contribution in [2.75, 3.05) is 0 Å². The highest BCUT2D eigenvalue weighted by atomic mass is 35.5. The summed E-state index contributed by atoms with van der Waals surface area (Å²) in [5, 5.41) is 8.97. The fourth-order valence-corrected chi connectivity index (χ4v) is 1.43. The molecule has 0 aliphatic rings. The molecule has 2 rings (SSSR count). The number of benzene rings is 1. The van der Waals surface area contributed by atoms with Crippen molar-refractivity contribution in [3.63, 3.8) is 0 Å². The highest BCUT2D eigenvalue weighted by Gasteiger charge is 2.11. The molecule has 15 heavy (non-hydrogen) atoms. The van der Waals surface area contributed by atoms with Gasteiger partial charge in [-0.05, 0) is 18.2 Å². The Morgan fingerprint density at radius 3 is 2.93 bits per heavy atom.